The van der Waals surface area contributed by atoms with E-state index < -0.39 is 0 Å². The average molecular weight is 430 g/mol. The van der Waals surface area contributed by atoms with Gasteiger partial charge in [0.2, 0.25) is 5.95 Å². The van der Waals surface area contributed by atoms with E-state index in [1.807, 2.05) is 20.0 Å². The van der Waals surface area contributed by atoms with E-state index in [9.17, 15) is 4.79 Å². The number of aryl methyl sites for hydroxylation is 1. The lowest BCUT2D eigenvalue weighted by Gasteiger charge is -2.15. The van der Waals surface area contributed by atoms with E-state index in [1.54, 1.807) is 22.4 Å². The summed E-state index contributed by atoms with van der Waals surface area (Å²) >= 11 is 6.39. The zero-order valence-electron chi connectivity index (χ0n) is 17.2. The number of ether oxygens (including phenoxy) is 1. The number of imidazole rings is 1. The molecular weight excluding hydrogens is 406 g/mol. The van der Waals surface area contributed by atoms with Crippen LogP contribution in [0.15, 0.2) is 23.3 Å². The number of nitrogens with zero attached hydrogens (tertiary/aromatic N) is 6. The summed E-state index contributed by atoms with van der Waals surface area (Å²) in [5.74, 6) is 0.731. The van der Waals surface area contributed by atoms with Gasteiger partial charge in [0.1, 0.15) is 11.3 Å². The Bertz CT molecular complexity index is 1200. The molecule has 30 heavy (non-hydrogen) atoms. The molecule has 1 aliphatic rings. The molecule has 0 fully saturated rings. The predicted octanol–water partition coefficient (Wildman–Crippen LogP) is 2.12. The molecule has 0 aromatic carbocycles. The van der Waals surface area contributed by atoms with Crippen LogP contribution in [0.1, 0.15) is 23.2 Å². The third-order valence-electron chi connectivity index (χ3n) is 5.44. The Labute approximate surface area is 178 Å². The first-order valence-corrected chi connectivity index (χ1v) is 10.1. The Hall–Kier alpha value is -3.07. The van der Waals surface area contributed by atoms with Gasteiger partial charge in [-0.15, -0.1) is 0 Å². The van der Waals surface area contributed by atoms with Crippen molar-refractivity contribution in [1.29, 1.82) is 0 Å². The second-order valence-corrected chi connectivity index (χ2v) is 7.66. The molecule has 0 spiro atoms. The molecule has 4 rings (SSSR count). The lowest BCUT2D eigenvalue weighted by molar-refractivity contribution is 0.381. The van der Waals surface area contributed by atoms with Gasteiger partial charge in [0.15, 0.2) is 10.8 Å². The number of nitrogens with two attached hydrogens (primary N) is 1. The molecule has 0 amide bonds. The van der Waals surface area contributed by atoms with Gasteiger partial charge in [-0.1, -0.05) is 17.7 Å². The number of fused-ring (bicyclic) bond motifs is 1. The van der Waals surface area contributed by atoms with E-state index in [-0.39, 0.29) is 23.3 Å². The summed E-state index contributed by atoms with van der Waals surface area (Å²) in [6, 6.07) is 0. The Morgan fingerprint density at radius 1 is 1.23 bits per heavy atom. The maximum atomic E-state index is 13.4. The van der Waals surface area contributed by atoms with Crippen molar-refractivity contribution >= 4 is 28.7 Å². The van der Waals surface area contributed by atoms with Crippen molar-refractivity contribution in [1.82, 2.24) is 29.0 Å². The van der Waals surface area contributed by atoms with Crippen LogP contribution in [0.3, 0.4) is 0 Å². The van der Waals surface area contributed by atoms with Gasteiger partial charge in [0.25, 0.3) is 0 Å². The number of hydrogen-bond acceptors (Lipinski definition) is 7. The highest BCUT2D eigenvalue weighted by molar-refractivity contribution is 6.33. The van der Waals surface area contributed by atoms with Gasteiger partial charge in [-0.2, -0.15) is 9.97 Å². The van der Waals surface area contributed by atoms with Crippen LogP contribution in [-0.4, -0.2) is 49.2 Å². The number of hydrogen-bond donors (Lipinski definition) is 1. The molecule has 4 heterocycles. The number of pyridine rings is 1. The quantitative estimate of drug-likeness (QED) is 0.598. The van der Waals surface area contributed by atoms with E-state index in [4.69, 9.17) is 22.1 Å². The molecule has 9 nitrogen and oxygen atoms in total. The van der Waals surface area contributed by atoms with E-state index in [0.29, 0.717) is 30.0 Å². The van der Waals surface area contributed by atoms with Crippen molar-refractivity contribution in [2.24, 2.45) is 0 Å². The van der Waals surface area contributed by atoms with Crippen molar-refractivity contribution in [2.75, 3.05) is 25.9 Å². The lowest BCUT2D eigenvalue weighted by Crippen LogP contribution is -2.29. The Morgan fingerprint density at radius 3 is 2.73 bits per heavy atom. The van der Waals surface area contributed by atoms with Crippen molar-refractivity contribution in [3.8, 4) is 5.75 Å². The van der Waals surface area contributed by atoms with Gasteiger partial charge in [0.05, 0.1) is 19.3 Å². The number of rotatable bonds is 6. The molecule has 0 unspecified atom stereocenters. The summed E-state index contributed by atoms with van der Waals surface area (Å²) in [6.45, 7) is 6.20. The summed E-state index contributed by atoms with van der Waals surface area (Å²) in [6.07, 6.45) is 6.93. The topological polar surface area (TPSA) is 104 Å². The first kappa shape index (κ1) is 20.2. The highest BCUT2D eigenvalue weighted by atomic mass is 35.5. The molecule has 0 radical (unpaired) electrons. The summed E-state index contributed by atoms with van der Waals surface area (Å²) in [7, 11) is 1.61. The number of halogens is 1. The van der Waals surface area contributed by atoms with Crippen molar-refractivity contribution in [3.63, 3.8) is 0 Å². The van der Waals surface area contributed by atoms with Crippen molar-refractivity contribution in [2.45, 2.75) is 33.4 Å². The summed E-state index contributed by atoms with van der Waals surface area (Å²) in [5.41, 5.74) is 9.09. The minimum absolute atomic E-state index is 0.0252. The maximum absolute atomic E-state index is 13.4. The molecule has 10 heteroatoms. The zero-order valence-corrected chi connectivity index (χ0v) is 18.0. The summed E-state index contributed by atoms with van der Waals surface area (Å²) in [5, 5.41) is 0.168. The third-order valence-corrected chi connectivity index (χ3v) is 5.70. The predicted molar refractivity (Wildman–Crippen MR) is 116 cm³/mol. The van der Waals surface area contributed by atoms with Gasteiger partial charge in [0, 0.05) is 25.8 Å². The molecule has 0 saturated heterocycles. The second-order valence-electron chi connectivity index (χ2n) is 7.30. The van der Waals surface area contributed by atoms with Crippen LogP contribution in [-0.2, 0) is 13.1 Å². The largest absolute Gasteiger partial charge is 0.495 e. The second kappa shape index (κ2) is 7.98. The van der Waals surface area contributed by atoms with Crippen LogP contribution >= 0.6 is 11.6 Å². The first-order chi connectivity index (χ1) is 14.4. The highest BCUT2D eigenvalue weighted by Crippen LogP contribution is 2.26. The van der Waals surface area contributed by atoms with Gasteiger partial charge < -0.3 is 15.4 Å². The normalized spacial score (nSPS) is 13.5. The van der Waals surface area contributed by atoms with Gasteiger partial charge in [-0.3, -0.25) is 14.1 Å². The first-order valence-electron chi connectivity index (χ1n) is 9.72. The number of nitrogen functional groups attached to an aromatic ring is 1. The minimum Gasteiger partial charge on any atom is -0.495 e. The smallest absolute Gasteiger partial charge is 0.330 e. The average Bonchev–Trinajstić information content (AvgIpc) is 3.30. The lowest BCUT2D eigenvalue weighted by atomic mass is 10.1. The number of aromatic nitrogens is 5. The Balaban J connectivity index is 1.81. The third kappa shape index (κ3) is 3.49. The van der Waals surface area contributed by atoms with Crippen LogP contribution < -0.4 is 16.2 Å². The fourth-order valence-electron chi connectivity index (χ4n) is 3.87. The molecule has 0 atom stereocenters. The molecule has 2 N–H and O–H groups in total. The van der Waals surface area contributed by atoms with Crippen molar-refractivity contribution in [3.05, 3.63) is 50.9 Å². The standard InChI is InChI=1S/C20H24ClN7O2/c1-12-14(10-23-13(2)16(12)30-3)11-28-18-15(17(21)24-19(22)25-18)27(20(28)29)9-8-26-6-4-5-7-26/h4,6,10H,5,7-9,11H2,1-3H3,(H2,22,24,25). The molecule has 0 bridgehead atoms. The van der Waals surface area contributed by atoms with E-state index in [1.165, 1.54) is 0 Å². The fraction of sp³-hybridized carbons (Fsp3) is 0.400. The molecule has 0 saturated carbocycles. The van der Waals surface area contributed by atoms with Gasteiger partial charge >= 0.3 is 5.69 Å². The van der Waals surface area contributed by atoms with Crippen LogP contribution in [0.25, 0.3) is 11.2 Å². The van der Waals surface area contributed by atoms with Crippen LogP contribution in [0.2, 0.25) is 5.15 Å². The van der Waals surface area contributed by atoms with Crippen LogP contribution in [0.5, 0.6) is 5.75 Å². The van der Waals surface area contributed by atoms with E-state index >= 15 is 0 Å². The highest BCUT2D eigenvalue weighted by Gasteiger charge is 2.21. The zero-order chi connectivity index (χ0) is 21.4. The van der Waals surface area contributed by atoms with E-state index in [2.05, 4.69) is 25.9 Å². The molecule has 0 aliphatic carbocycles. The monoisotopic (exact) mass is 429 g/mol. The van der Waals surface area contributed by atoms with Crippen LogP contribution in [0.4, 0.5) is 5.95 Å². The molecule has 1 aliphatic heterocycles. The van der Waals surface area contributed by atoms with Crippen LogP contribution in [0, 0.1) is 13.8 Å². The summed E-state index contributed by atoms with van der Waals surface area (Å²) in [4.78, 5) is 28.3. The van der Waals surface area contributed by atoms with Gasteiger partial charge in [-0.25, -0.2) is 4.79 Å². The van der Waals surface area contributed by atoms with E-state index in [0.717, 1.165) is 29.8 Å². The van der Waals surface area contributed by atoms with Gasteiger partial charge in [-0.05, 0) is 37.6 Å². The summed E-state index contributed by atoms with van der Waals surface area (Å²) < 4.78 is 8.67. The molecule has 3 aromatic rings. The molecular formula is C20H24ClN7O2. The Morgan fingerprint density at radius 2 is 2.03 bits per heavy atom. The minimum atomic E-state index is -0.214. The molecule has 158 valence electrons. The number of anilines is 1. The van der Waals surface area contributed by atoms with Crippen molar-refractivity contribution < 1.29 is 4.74 Å². The maximum Gasteiger partial charge on any atom is 0.330 e. The Kier molecular flexibility index (Phi) is 5.38. The number of methoxy groups -OCH3 is 1. The molecule has 3 aromatic heterocycles. The fourth-order valence-corrected chi connectivity index (χ4v) is 4.14. The SMILES string of the molecule is COc1c(C)ncc(Cn2c(=O)n(CCN3C=CCC3)c3c(Cl)nc(N)nc32)c1C.